The standard InChI is InChI=1S/C20H23NO4/c1-15(22)6-7-16-8-10-18(11-9-16)25-14-20(23)21-13-17-4-3-5-19(12-17)24-2/h3-5,8-12H,6-7,13-14H2,1-2H3,(H,21,23). The molecule has 0 aliphatic rings. The number of benzene rings is 2. The number of aryl methyl sites for hydroxylation is 1. The van der Waals surface area contributed by atoms with E-state index in [0.29, 0.717) is 18.7 Å². The Bertz CT molecular complexity index is 710. The van der Waals surface area contributed by atoms with Crippen LogP contribution in [-0.2, 0) is 22.6 Å². The molecule has 2 aromatic carbocycles. The summed E-state index contributed by atoms with van der Waals surface area (Å²) in [6.07, 6.45) is 1.25. The molecule has 0 saturated carbocycles. The van der Waals surface area contributed by atoms with Gasteiger partial charge in [-0.2, -0.15) is 0 Å². The van der Waals surface area contributed by atoms with Gasteiger partial charge in [-0.05, 0) is 48.7 Å². The molecule has 0 aliphatic heterocycles. The molecule has 0 radical (unpaired) electrons. The Morgan fingerprint density at radius 1 is 1.00 bits per heavy atom. The molecule has 5 nitrogen and oxygen atoms in total. The summed E-state index contributed by atoms with van der Waals surface area (Å²) >= 11 is 0. The minimum atomic E-state index is -0.191. The van der Waals surface area contributed by atoms with Gasteiger partial charge in [-0.3, -0.25) is 4.79 Å². The molecule has 25 heavy (non-hydrogen) atoms. The Labute approximate surface area is 148 Å². The summed E-state index contributed by atoms with van der Waals surface area (Å²) < 4.78 is 10.6. The van der Waals surface area contributed by atoms with Gasteiger partial charge in [0.1, 0.15) is 17.3 Å². The second-order valence-electron chi connectivity index (χ2n) is 5.76. The fourth-order valence-electron chi connectivity index (χ4n) is 2.26. The Kier molecular flexibility index (Phi) is 7.01. The van der Waals surface area contributed by atoms with E-state index in [-0.39, 0.29) is 18.3 Å². The number of carbonyl (C=O) groups is 2. The predicted molar refractivity (Wildman–Crippen MR) is 95.8 cm³/mol. The molecule has 0 unspecified atom stereocenters. The van der Waals surface area contributed by atoms with E-state index in [0.717, 1.165) is 23.3 Å². The van der Waals surface area contributed by atoms with Crippen molar-refractivity contribution in [1.82, 2.24) is 5.32 Å². The molecule has 1 N–H and O–H groups in total. The topological polar surface area (TPSA) is 64.6 Å². The van der Waals surface area contributed by atoms with Crippen LogP contribution in [0.5, 0.6) is 11.5 Å². The van der Waals surface area contributed by atoms with Gasteiger partial charge in [-0.1, -0.05) is 24.3 Å². The van der Waals surface area contributed by atoms with E-state index in [1.165, 1.54) is 0 Å². The average Bonchev–Trinajstić information content (AvgIpc) is 2.64. The zero-order chi connectivity index (χ0) is 18.1. The third-order valence-corrected chi connectivity index (χ3v) is 3.68. The molecule has 0 aromatic heterocycles. The summed E-state index contributed by atoms with van der Waals surface area (Å²) in [5.74, 6) is 1.37. The smallest absolute Gasteiger partial charge is 0.258 e. The maximum atomic E-state index is 11.9. The number of ether oxygens (including phenoxy) is 2. The number of nitrogens with one attached hydrogen (secondary N) is 1. The first kappa shape index (κ1) is 18.5. The lowest BCUT2D eigenvalue weighted by atomic mass is 10.1. The molecule has 2 aromatic rings. The molecule has 0 aliphatic carbocycles. The van der Waals surface area contributed by atoms with Crippen LogP contribution in [-0.4, -0.2) is 25.4 Å². The molecule has 0 saturated heterocycles. The van der Waals surface area contributed by atoms with Crippen LogP contribution in [0.25, 0.3) is 0 Å². The first-order valence-electron chi connectivity index (χ1n) is 8.17. The normalized spacial score (nSPS) is 10.2. The summed E-state index contributed by atoms with van der Waals surface area (Å²) in [5.41, 5.74) is 2.03. The van der Waals surface area contributed by atoms with Crippen LogP contribution in [0.1, 0.15) is 24.5 Å². The molecule has 0 fully saturated rings. The van der Waals surface area contributed by atoms with E-state index in [1.54, 1.807) is 14.0 Å². The van der Waals surface area contributed by atoms with Crippen LogP contribution in [0, 0.1) is 0 Å². The molecule has 132 valence electrons. The third-order valence-electron chi connectivity index (χ3n) is 3.68. The van der Waals surface area contributed by atoms with Crippen molar-refractivity contribution in [2.45, 2.75) is 26.3 Å². The van der Waals surface area contributed by atoms with Gasteiger partial charge in [-0.15, -0.1) is 0 Å². The van der Waals surface area contributed by atoms with Crippen molar-refractivity contribution >= 4 is 11.7 Å². The molecule has 2 rings (SSSR count). The van der Waals surface area contributed by atoms with E-state index in [9.17, 15) is 9.59 Å². The van der Waals surface area contributed by atoms with E-state index in [2.05, 4.69) is 5.32 Å². The van der Waals surface area contributed by atoms with E-state index in [1.807, 2.05) is 48.5 Å². The van der Waals surface area contributed by atoms with Gasteiger partial charge in [0.25, 0.3) is 5.91 Å². The second kappa shape index (κ2) is 9.47. The summed E-state index contributed by atoms with van der Waals surface area (Å²) in [5, 5.41) is 2.81. The van der Waals surface area contributed by atoms with Crippen LogP contribution >= 0.6 is 0 Å². The maximum absolute atomic E-state index is 11.9. The van der Waals surface area contributed by atoms with Crippen molar-refractivity contribution in [3.63, 3.8) is 0 Å². The van der Waals surface area contributed by atoms with Crippen LogP contribution in [0.2, 0.25) is 0 Å². The fourth-order valence-corrected chi connectivity index (χ4v) is 2.26. The lowest BCUT2D eigenvalue weighted by Crippen LogP contribution is -2.28. The van der Waals surface area contributed by atoms with Crippen LogP contribution in [0.3, 0.4) is 0 Å². The molecule has 0 heterocycles. The van der Waals surface area contributed by atoms with Gasteiger partial charge in [0, 0.05) is 13.0 Å². The monoisotopic (exact) mass is 341 g/mol. The molecule has 0 bridgehead atoms. The molecule has 5 heteroatoms. The highest BCUT2D eigenvalue weighted by Crippen LogP contribution is 2.14. The zero-order valence-electron chi connectivity index (χ0n) is 14.6. The third kappa shape index (κ3) is 6.67. The fraction of sp³-hybridized carbons (Fsp3) is 0.300. The predicted octanol–water partition coefficient (Wildman–Crippen LogP) is 2.91. The summed E-state index contributed by atoms with van der Waals surface area (Å²) in [6, 6.07) is 15.0. The number of hydrogen-bond acceptors (Lipinski definition) is 4. The van der Waals surface area contributed by atoms with Crippen LogP contribution < -0.4 is 14.8 Å². The summed E-state index contributed by atoms with van der Waals surface area (Å²) in [4.78, 5) is 22.9. The number of ketones is 1. The minimum Gasteiger partial charge on any atom is -0.497 e. The minimum absolute atomic E-state index is 0.0449. The van der Waals surface area contributed by atoms with Crippen molar-refractivity contribution in [2.75, 3.05) is 13.7 Å². The number of amides is 1. The Morgan fingerprint density at radius 3 is 2.44 bits per heavy atom. The summed E-state index contributed by atoms with van der Waals surface area (Å²) in [6.45, 7) is 1.96. The molecular weight excluding hydrogens is 318 g/mol. The number of hydrogen-bond donors (Lipinski definition) is 1. The number of methoxy groups -OCH3 is 1. The number of Topliss-reactive ketones (excluding diaryl/α,β-unsaturated/α-hetero) is 1. The van der Waals surface area contributed by atoms with Gasteiger partial charge in [-0.25, -0.2) is 0 Å². The van der Waals surface area contributed by atoms with Crippen LogP contribution in [0.4, 0.5) is 0 Å². The largest absolute Gasteiger partial charge is 0.497 e. The molecule has 1 amide bonds. The van der Waals surface area contributed by atoms with E-state index < -0.39 is 0 Å². The summed E-state index contributed by atoms with van der Waals surface area (Å²) in [7, 11) is 1.61. The number of carbonyl (C=O) groups excluding carboxylic acids is 2. The Balaban J connectivity index is 1.74. The maximum Gasteiger partial charge on any atom is 0.258 e. The molecular formula is C20H23NO4. The number of rotatable bonds is 9. The molecule has 0 atom stereocenters. The van der Waals surface area contributed by atoms with Gasteiger partial charge in [0.05, 0.1) is 7.11 Å². The van der Waals surface area contributed by atoms with Crippen molar-refractivity contribution < 1.29 is 19.1 Å². The van der Waals surface area contributed by atoms with Crippen LogP contribution in [0.15, 0.2) is 48.5 Å². The second-order valence-corrected chi connectivity index (χ2v) is 5.76. The lowest BCUT2D eigenvalue weighted by Gasteiger charge is -2.09. The van der Waals surface area contributed by atoms with Crippen molar-refractivity contribution in [3.8, 4) is 11.5 Å². The van der Waals surface area contributed by atoms with Gasteiger partial charge in [0.15, 0.2) is 6.61 Å². The highest BCUT2D eigenvalue weighted by Gasteiger charge is 2.04. The first-order valence-corrected chi connectivity index (χ1v) is 8.17. The van der Waals surface area contributed by atoms with Crippen molar-refractivity contribution in [1.29, 1.82) is 0 Å². The highest BCUT2D eigenvalue weighted by molar-refractivity contribution is 5.77. The average molecular weight is 341 g/mol. The quantitative estimate of drug-likeness (QED) is 0.762. The van der Waals surface area contributed by atoms with E-state index >= 15 is 0 Å². The first-order chi connectivity index (χ1) is 12.1. The van der Waals surface area contributed by atoms with Crippen molar-refractivity contribution in [3.05, 3.63) is 59.7 Å². The zero-order valence-corrected chi connectivity index (χ0v) is 14.6. The van der Waals surface area contributed by atoms with E-state index in [4.69, 9.17) is 9.47 Å². The van der Waals surface area contributed by atoms with Crippen molar-refractivity contribution in [2.24, 2.45) is 0 Å². The SMILES string of the molecule is COc1cccc(CNC(=O)COc2ccc(CCC(C)=O)cc2)c1. The van der Waals surface area contributed by atoms with Gasteiger partial charge >= 0.3 is 0 Å². The van der Waals surface area contributed by atoms with Gasteiger partial charge < -0.3 is 19.6 Å². The lowest BCUT2D eigenvalue weighted by molar-refractivity contribution is -0.123. The Morgan fingerprint density at radius 2 is 1.76 bits per heavy atom. The Hall–Kier alpha value is -2.82. The van der Waals surface area contributed by atoms with Gasteiger partial charge in [0.2, 0.25) is 0 Å². The molecule has 0 spiro atoms. The highest BCUT2D eigenvalue weighted by atomic mass is 16.5.